The molecule has 2 aromatic heterocycles. The van der Waals surface area contributed by atoms with Crippen LogP contribution >= 0.6 is 0 Å². The largest absolute Gasteiger partial charge is 0.501 e. The van der Waals surface area contributed by atoms with E-state index in [9.17, 15) is 19.5 Å². The summed E-state index contributed by atoms with van der Waals surface area (Å²) in [7, 11) is 6.55. The lowest BCUT2D eigenvalue weighted by atomic mass is 10.1. The Morgan fingerprint density at radius 2 is 1.81 bits per heavy atom. The lowest BCUT2D eigenvalue weighted by Gasteiger charge is -2.21. The predicted molar refractivity (Wildman–Crippen MR) is 112 cm³/mol. The minimum atomic E-state index is -0.725. The fourth-order valence-electron chi connectivity index (χ4n) is 3.05. The van der Waals surface area contributed by atoms with Crippen LogP contribution in [0.2, 0.25) is 0 Å². The van der Waals surface area contributed by atoms with Crippen molar-refractivity contribution in [3.8, 4) is 5.75 Å². The van der Waals surface area contributed by atoms with Crippen LogP contribution in [0.3, 0.4) is 0 Å². The monoisotopic (exact) mass is 425 g/mol. The lowest BCUT2D eigenvalue weighted by molar-refractivity contribution is 0.0827. The van der Waals surface area contributed by atoms with Gasteiger partial charge in [-0.1, -0.05) is 17.3 Å². The van der Waals surface area contributed by atoms with Crippen molar-refractivity contribution in [2.45, 2.75) is 13.0 Å². The Balaban J connectivity index is 1.86. The summed E-state index contributed by atoms with van der Waals surface area (Å²) in [4.78, 5) is 44.5. The molecule has 0 aliphatic carbocycles. The average Bonchev–Trinajstić information content (AvgIpc) is 3.25. The lowest BCUT2D eigenvalue weighted by Crippen LogP contribution is -2.30. The number of aromatic hydroxyl groups is 1. The first-order valence-corrected chi connectivity index (χ1v) is 9.42. The van der Waals surface area contributed by atoms with E-state index >= 15 is 0 Å². The van der Waals surface area contributed by atoms with E-state index in [-0.39, 0.29) is 24.0 Å². The fraction of sp³-hybridized carbons (Fsp3) is 0.286. The second-order valence-corrected chi connectivity index (χ2v) is 7.36. The number of hydrogen-bond acceptors (Lipinski definition) is 8. The number of amides is 1. The molecule has 3 aromatic rings. The molecule has 0 radical (unpaired) electrons. The molecule has 31 heavy (non-hydrogen) atoms. The maximum Gasteiger partial charge on any atom is 0.297 e. The highest BCUT2D eigenvalue weighted by atomic mass is 16.5. The van der Waals surface area contributed by atoms with Crippen LogP contribution in [0.1, 0.15) is 32.0 Å². The van der Waals surface area contributed by atoms with Crippen molar-refractivity contribution in [1.82, 2.24) is 19.6 Å². The topological polar surface area (TPSA) is 122 Å². The number of carbonyl (C=O) groups excluding carboxylic acids is 2. The number of nitrogens with zero attached hydrogens (tertiary/aromatic N) is 5. The molecular formula is C21H23N5O5. The van der Waals surface area contributed by atoms with E-state index in [4.69, 9.17) is 4.52 Å². The van der Waals surface area contributed by atoms with E-state index < -0.39 is 17.1 Å². The molecule has 0 aliphatic heterocycles. The smallest absolute Gasteiger partial charge is 0.297 e. The van der Waals surface area contributed by atoms with Gasteiger partial charge in [-0.3, -0.25) is 19.0 Å². The second kappa shape index (κ2) is 8.82. The van der Waals surface area contributed by atoms with Crippen molar-refractivity contribution in [3.63, 3.8) is 0 Å². The summed E-state index contributed by atoms with van der Waals surface area (Å²) in [6, 6.07) is 7.07. The van der Waals surface area contributed by atoms with E-state index in [1.54, 1.807) is 38.2 Å². The number of benzene rings is 1. The third-order valence-electron chi connectivity index (χ3n) is 4.72. The first-order chi connectivity index (χ1) is 14.7. The molecule has 0 aliphatic rings. The Kier molecular flexibility index (Phi) is 6.19. The van der Waals surface area contributed by atoms with Gasteiger partial charge in [0.2, 0.25) is 11.7 Å². The van der Waals surface area contributed by atoms with Crippen LogP contribution in [0.4, 0.5) is 5.95 Å². The fourth-order valence-corrected chi connectivity index (χ4v) is 3.05. The minimum absolute atomic E-state index is 0.0986. The van der Waals surface area contributed by atoms with Gasteiger partial charge in [0, 0.05) is 52.3 Å². The molecule has 0 bridgehead atoms. The molecule has 10 nitrogen and oxygen atoms in total. The van der Waals surface area contributed by atoms with Crippen LogP contribution in [0.5, 0.6) is 5.75 Å². The van der Waals surface area contributed by atoms with Crippen LogP contribution in [-0.4, -0.2) is 57.5 Å². The predicted octanol–water partition coefficient (Wildman–Crippen LogP) is 1.24. The normalized spacial score (nSPS) is 10.7. The molecule has 0 spiro atoms. The highest BCUT2D eigenvalue weighted by Gasteiger charge is 2.22. The van der Waals surface area contributed by atoms with Crippen molar-refractivity contribution in [1.29, 1.82) is 0 Å². The van der Waals surface area contributed by atoms with E-state index in [1.165, 1.54) is 29.0 Å². The summed E-state index contributed by atoms with van der Waals surface area (Å²) in [6.45, 7) is 0.362. The Morgan fingerprint density at radius 1 is 1.13 bits per heavy atom. The van der Waals surface area contributed by atoms with Crippen molar-refractivity contribution in [3.05, 3.63) is 69.5 Å². The van der Waals surface area contributed by atoms with Crippen LogP contribution in [0, 0.1) is 0 Å². The standard InChI is InChI=1S/C21H23N5O5/c1-24(2)19(29)15-7-5-13(6-8-15)11-25(3)21-23-17(18(28)20(30)26(21)4)16(27)9-14-10-22-31-12-14/h5-8,10,12,28H,9,11H2,1-4H3. The van der Waals surface area contributed by atoms with Crippen LogP contribution < -0.4 is 10.5 Å². The number of ketones is 1. The van der Waals surface area contributed by atoms with Gasteiger partial charge in [0.15, 0.2) is 11.5 Å². The van der Waals surface area contributed by atoms with Gasteiger partial charge in [0.25, 0.3) is 11.5 Å². The van der Waals surface area contributed by atoms with Crippen LogP contribution in [0.25, 0.3) is 0 Å². The maximum absolute atomic E-state index is 12.6. The van der Waals surface area contributed by atoms with Gasteiger partial charge in [-0.25, -0.2) is 4.98 Å². The van der Waals surface area contributed by atoms with Gasteiger partial charge >= 0.3 is 0 Å². The Hall–Kier alpha value is -3.95. The molecule has 1 amide bonds. The average molecular weight is 425 g/mol. The Bertz CT molecular complexity index is 1150. The van der Waals surface area contributed by atoms with Crippen molar-refractivity contribution < 1.29 is 19.2 Å². The molecule has 1 aromatic carbocycles. The highest BCUT2D eigenvalue weighted by molar-refractivity contribution is 5.98. The first-order valence-electron chi connectivity index (χ1n) is 9.42. The third-order valence-corrected chi connectivity index (χ3v) is 4.72. The molecule has 10 heteroatoms. The van der Waals surface area contributed by atoms with Crippen molar-refractivity contribution in [2.75, 3.05) is 26.0 Å². The quantitative estimate of drug-likeness (QED) is 0.561. The summed E-state index contributed by atoms with van der Waals surface area (Å²) >= 11 is 0. The molecule has 162 valence electrons. The van der Waals surface area contributed by atoms with Crippen molar-refractivity contribution >= 4 is 17.6 Å². The molecule has 0 atom stereocenters. The zero-order chi connectivity index (χ0) is 22.7. The Labute approximate surface area is 178 Å². The van der Waals surface area contributed by atoms with Gasteiger partial charge in [0.05, 0.1) is 6.20 Å². The summed E-state index contributed by atoms with van der Waals surface area (Å²) in [5.41, 5.74) is 0.912. The molecule has 1 N–H and O–H groups in total. The highest BCUT2D eigenvalue weighted by Crippen LogP contribution is 2.19. The molecule has 0 unspecified atom stereocenters. The summed E-state index contributed by atoms with van der Waals surface area (Å²) in [5.74, 6) is -1.12. The second-order valence-electron chi connectivity index (χ2n) is 7.36. The van der Waals surface area contributed by atoms with E-state index in [1.807, 2.05) is 12.1 Å². The Morgan fingerprint density at radius 3 is 2.39 bits per heavy atom. The molecule has 0 saturated heterocycles. The van der Waals surface area contributed by atoms with Gasteiger partial charge in [0.1, 0.15) is 6.26 Å². The molecular weight excluding hydrogens is 402 g/mol. The summed E-state index contributed by atoms with van der Waals surface area (Å²) < 4.78 is 5.88. The molecule has 2 heterocycles. The van der Waals surface area contributed by atoms with Gasteiger partial charge in [-0.15, -0.1) is 0 Å². The third kappa shape index (κ3) is 4.63. The summed E-state index contributed by atoms with van der Waals surface area (Å²) in [6.07, 6.45) is 2.59. The van der Waals surface area contributed by atoms with E-state index in [0.29, 0.717) is 17.7 Å². The molecule has 3 rings (SSSR count). The number of hydrogen-bond donors (Lipinski definition) is 1. The van der Waals surface area contributed by atoms with Gasteiger partial charge in [-0.05, 0) is 17.7 Å². The number of aromatic nitrogens is 3. The number of Topliss-reactive ketones (excluding diaryl/α,β-unsaturated/α-hetero) is 1. The van der Waals surface area contributed by atoms with E-state index in [2.05, 4.69) is 10.1 Å². The number of rotatable bonds is 7. The van der Waals surface area contributed by atoms with Crippen LogP contribution in [-0.2, 0) is 20.0 Å². The first kappa shape index (κ1) is 21.8. The van der Waals surface area contributed by atoms with E-state index in [0.717, 1.165) is 5.56 Å². The minimum Gasteiger partial charge on any atom is -0.501 e. The zero-order valence-corrected chi connectivity index (χ0v) is 17.7. The number of anilines is 1. The summed E-state index contributed by atoms with van der Waals surface area (Å²) in [5, 5.41) is 13.7. The van der Waals surface area contributed by atoms with Crippen molar-refractivity contribution in [2.24, 2.45) is 7.05 Å². The van der Waals surface area contributed by atoms with Crippen LogP contribution in [0.15, 0.2) is 46.0 Å². The zero-order valence-electron chi connectivity index (χ0n) is 17.7. The molecule has 0 saturated carbocycles. The number of carbonyl (C=O) groups is 2. The van der Waals surface area contributed by atoms with Gasteiger partial charge in [-0.2, -0.15) is 0 Å². The maximum atomic E-state index is 12.6. The van der Waals surface area contributed by atoms with Gasteiger partial charge < -0.3 is 19.4 Å². The SMILES string of the molecule is CN(C)C(=O)c1ccc(CN(C)c2nc(C(=O)Cc3cnoc3)c(O)c(=O)n2C)cc1. The molecule has 0 fully saturated rings.